The Bertz CT molecular complexity index is 783. The predicted octanol–water partition coefficient (Wildman–Crippen LogP) is 2.10. The van der Waals surface area contributed by atoms with Crippen LogP contribution in [0.4, 0.5) is 0 Å². The maximum atomic E-state index is 9.40. The molecule has 2 aromatic carbocycles. The van der Waals surface area contributed by atoms with Crippen LogP contribution in [0, 0.1) is 13.8 Å². The van der Waals surface area contributed by atoms with Crippen molar-refractivity contribution >= 4 is 0 Å². The minimum absolute atomic E-state index is 0.0106. The van der Waals surface area contributed by atoms with Crippen molar-refractivity contribution in [2.75, 3.05) is 26.9 Å². The summed E-state index contributed by atoms with van der Waals surface area (Å²) in [5.74, 6) is 1.85. The van der Waals surface area contributed by atoms with E-state index in [-0.39, 0.29) is 13.5 Å². The number of nitrogens with zero attached hydrogens (tertiary/aromatic N) is 2. The molecule has 6 nitrogen and oxygen atoms in total. The Labute approximate surface area is 159 Å². The Morgan fingerprint density at radius 2 is 1.22 bits per heavy atom. The molecule has 2 aromatic rings. The highest BCUT2D eigenvalue weighted by molar-refractivity contribution is 5.52. The second-order valence-electron chi connectivity index (χ2n) is 7.49. The zero-order valence-corrected chi connectivity index (χ0v) is 15.9. The lowest BCUT2D eigenvalue weighted by molar-refractivity contribution is 0.0186. The van der Waals surface area contributed by atoms with Gasteiger partial charge in [-0.05, 0) is 25.0 Å². The van der Waals surface area contributed by atoms with Crippen molar-refractivity contribution in [1.82, 2.24) is 9.80 Å². The number of hydrogen-bond donors (Lipinski definition) is 2. The van der Waals surface area contributed by atoms with Gasteiger partial charge < -0.3 is 19.7 Å². The van der Waals surface area contributed by atoms with Crippen LogP contribution in [0.1, 0.15) is 33.4 Å². The predicted molar refractivity (Wildman–Crippen MR) is 101 cm³/mol. The van der Waals surface area contributed by atoms with E-state index in [1.165, 1.54) is 11.1 Å². The highest BCUT2D eigenvalue weighted by Crippen LogP contribution is 2.36. The number of aliphatic hydroxyl groups is 2. The average molecular weight is 370 g/mol. The third kappa shape index (κ3) is 3.66. The van der Waals surface area contributed by atoms with Gasteiger partial charge in [0.2, 0.25) is 0 Å². The summed E-state index contributed by atoms with van der Waals surface area (Å²) in [6.07, 6.45) is 0.728. The number of benzene rings is 2. The molecule has 0 amide bonds. The van der Waals surface area contributed by atoms with E-state index in [1.807, 2.05) is 9.80 Å². The third-order valence-electron chi connectivity index (χ3n) is 5.13. The van der Waals surface area contributed by atoms with Crippen molar-refractivity contribution in [1.29, 1.82) is 0 Å². The minimum Gasteiger partial charge on any atom is -0.477 e. The van der Waals surface area contributed by atoms with Crippen LogP contribution in [0.3, 0.4) is 0 Å². The Hall–Kier alpha value is -2.12. The summed E-state index contributed by atoms with van der Waals surface area (Å²) in [4.78, 5) is 3.71. The highest BCUT2D eigenvalue weighted by Gasteiger charge is 2.24. The zero-order valence-electron chi connectivity index (χ0n) is 15.9. The lowest BCUT2D eigenvalue weighted by Gasteiger charge is -2.31. The van der Waals surface area contributed by atoms with Gasteiger partial charge >= 0.3 is 0 Å². The monoisotopic (exact) mass is 370 g/mol. The van der Waals surface area contributed by atoms with Gasteiger partial charge in [0.1, 0.15) is 25.0 Å². The molecular formula is C21H26N2O4. The van der Waals surface area contributed by atoms with E-state index in [0.29, 0.717) is 26.6 Å². The van der Waals surface area contributed by atoms with Gasteiger partial charge in [0.15, 0.2) is 0 Å². The molecule has 0 atom stereocenters. The number of fused-ring (bicyclic) bond motifs is 2. The molecule has 0 unspecified atom stereocenters. The van der Waals surface area contributed by atoms with Gasteiger partial charge in [-0.2, -0.15) is 0 Å². The second kappa shape index (κ2) is 7.48. The largest absolute Gasteiger partial charge is 0.477 e. The molecule has 4 rings (SSSR count). The van der Waals surface area contributed by atoms with Crippen LogP contribution < -0.4 is 9.47 Å². The molecule has 2 N–H and O–H groups in total. The summed E-state index contributed by atoms with van der Waals surface area (Å²) in [7, 11) is 0. The third-order valence-corrected chi connectivity index (χ3v) is 5.13. The van der Waals surface area contributed by atoms with E-state index in [1.54, 1.807) is 0 Å². The van der Waals surface area contributed by atoms with E-state index in [4.69, 9.17) is 9.47 Å². The fraction of sp³-hybridized carbons (Fsp3) is 0.429. The van der Waals surface area contributed by atoms with Gasteiger partial charge in [0, 0.05) is 30.6 Å². The number of aryl methyl sites for hydroxylation is 2. The number of aliphatic hydroxyl groups excluding tert-OH is 2. The topological polar surface area (TPSA) is 65.4 Å². The SMILES string of the molecule is Cc1cc(Cc2cc(C)cc3c2OCN(CO)C3)c2c(c1)CN(CO)CO2. The smallest absolute Gasteiger partial charge is 0.144 e. The van der Waals surface area contributed by atoms with Crippen molar-refractivity contribution in [3.05, 3.63) is 57.6 Å². The van der Waals surface area contributed by atoms with Gasteiger partial charge in [0.05, 0.1) is 13.5 Å². The lowest BCUT2D eigenvalue weighted by atomic mass is 9.94. The Kier molecular flexibility index (Phi) is 5.06. The molecule has 144 valence electrons. The van der Waals surface area contributed by atoms with Crippen LogP contribution in [0.5, 0.6) is 11.5 Å². The van der Waals surface area contributed by atoms with Crippen molar-refractivity contribution in [3.63, 3.8) is 0 Å². The van der Waals surface area contributed by atoms with Gasteiger partial charge in [-0.3, -0.25) is 0 Å². The first-order valence-electron chi connectivity index (χ1n) is 9.24. The first-order valence-corrected chi connectivity index (χ1v) is 9.24. The van der Waals surface area contributed by atoms with E-state index in [2.05, 4.69) is 38.1 Å². The summed E-state index contributed by atoms with van der Waals surface area (Å²) in [5, 5.41) is 18.8. The Morgan fingerprint density at radius 3 is 1.63 bits per heavy atom. The molecule has 27 heavy (non-hydrogen) atoms. The molecule has 2 heterocycles. The molecule has 0 spiro atoms. The molecule has 0 aromatic heterocycles. The first kappa shape index (κ1) is 18.3. The number of rotatable bonds is 4. The highest BCUT2D eigenvalue weighted by atomic mass is 16.5. The lowest BCUT2D eigenvalue weighted by Crippen LogP contribution is -2.33. The second-order valence-corrected chi connectivity index (χ2v) is 7.49. The number of hydrogen-bond acceptors (Lipinski definition) is 6. The maximum Gasteiger partial charge on any atom is 0.144 e. The summed E-state index contributed by atoms with van der Waals surface area (Å²) >= 11 is 0. The maximum absolute atomic E-state index is 9.40. The fourth-order valence-corrected chi connectivity index (χ4v) is 4.00. The van der Waals surface area contributed by atoms with Crippen molar-refractivity contribution < 1.29 is 19.7 Å². The van der Waals surface area contributed by atoms with Crippen LogP contribution in [-0.2, 0) is 19.5 Å². The van der Waals surface area contributed by atoms with Crippen LogP contribution >= 0.6 is 0 Å². The molecule has 0 saturated carbocycles. The van der Waals surface area contributed by atoms with Crippen LogP contribution in [0.25, 0.3) is 0 Å². The van der Waals surface area contributed by atoms with E-state index in [9.17, 15) is 10.2 Å². The molecular weight excluding hydrogens is 344 g/mol. The molecule has 0 fully saturated rings. The molecule has 0 saturated heterocycles. The van der Waals surface area contributed by atoms with E-state index in [0.717, 1.165) is 40.2 Å². The minimum atomic E-state index is -0.0106. The summed E-state index contributed by atoms with van der Waals surface area (Å²) in [5.41, 5.74) is 6.87. The quantitative estimate of drug-likeness (QED) is 0.859. The van der Waals surface area contributed by atoms with Crippen molar-refractivity contribution in [2.24, 2.45) is 0 Å². The summed E-state index contributed by atoms with van der Waals surface area (Å²) in [6.45, 7) is 6.32. The van der Waals surface area contributed by atoms with Crippen LogP contribution in [0.15, 0.2) is 24.3 Å². The van der Waals surface area contributed by atoms with Crippen LogP contribution in [-0.4, -0.2) is 46.9 Å². The van der Waals surface area contributed by atoms with Gasteiger partial charge in [-0.1, -0.05) is 35.4 Å². The summed E-state index contributed by atoms with van der Waals surface area (Å²) < 4.78 is 12.0. The van der Waals surface area contributed by atoms with Gasteiger partial charge in [-0.15, -0.1) is 0 Å². The Balaban J connectivity index is 1.70. The molecule has 0 bridgehead atoms. The van der Waals surface area contributed by atoms with Crippen LogP contribution in [0.2, 0.25) is 0 Å². The molecule has 2 aliphatic heterocycles. The average Bonchev–Trinajstić information content (AvgIpc) is 2.66. The fourth-order valence-electron chi connectivity index (χ4n) is 4.00. The van der Waals surface area contributed by atoms with Crippen molar-refractivity contribution in [2.45, 2.75) is 33.4 Å². The molecule has 6 heteroatoms. The Morgan fingerprint density at radius 1 is 0.778 bits per heavy atom. The molecule has 0 aliphatic carbocycles. The zero-order chi connectivity index (χ0) is 19.0. The summed E-state index contributed by atoms with van der Waals surface area (Å²) in [6, 6.07) is 8.60. The van der Waals surface area contributed by atoms with E-state index < -0.39 is 0 Å². The molecule has 0 radical (unpaired) electrons. The van der Waals surface area contributed by atoms with Gasteiger partial charge in [0.25, 0.3) is 0 Å². The standard InChI is InChI=1S/C21H26N2O4/c1-14-3-16(20-18(5-14)8-22(10-24)12-26-20)7-17-4-15(2)6-19-9-23(11-25)13-27-21(17)19/h3-6,24-25H,7-13H2,1-2H3. The van der Waals surface area contributed by atoms with Crippen molar-refractivity contribution in [3.8, 4) is 11.5 Å². The van der Waals surface area contributed by atoms with E-state index >= 15 is 0 Å². The van der Waals surface area contributed by atoms with Gasteiger partial charge in [-0.25, -0.2) is 9.80 Å². The first-order chi connectivity index (χ1) is 13.1. The number of ether oxygens (including phenoxy) is 2. The molecule has 2 aliphatic rings. The normalized spacial score (nSPS) is 17.0.